The number of hydrogen-bond acceptors (Lipinski definition) is 3. The summed E-state index contributed by atoms with van der Waals surface area (Å²) in [6.07, 6.45) is 0.436. The maximum Gasteiger partial charge on any atom is 0.418 e. The van der Waals surface area contributed by atoms with Crippen molar-refractivity contribution in [2.24, 2.45) is 5.92 Å². The Morgan fingerprint density at radius 2 is 1.74 bits per heavy atom. The zero-order valence-corrected chi connectivity index (χ0v) is 15.0. The molecule has 3 nitrogen and oxygen atoms in total. The van der Waals surface area contributed by atoms with Gasteiger partial charge in [-0.15, -0.1) is 0 Å². The second-order valence-corrected chi connectivity index (χ2v) is 6.83. The van der Waals surface area contributed by atoms with Gasteiger partial charge in [-0.25, -0.2) is 0 Å². The molecule has 142 valence electrons. The Kier molecular flexibility index (Phi) is 4.29. The predicted octanol–water partition coefficient (Wildman–Crippen LogP) is 5.55. The summed E-state index contributed by atoms with van der Waals surface area (Å²) in [5.74, 6) is 1.16. The Balaban J connectivity index is 1.87. The number of ether oxygens (including phenoxy) is 2. The quantitative estimate of drug-likeness (QED) is 0.714. The second kappa shape index (κ2) is 6.51. The molecule has 0 saturated heterocycles. The monoisotopic (exact) mass is 375 g/mol. The van der Waals surface area contributed by atoms with Gasteiger partial charge < -0.3 is 14.8 Å². The lowest BCUT2D eigenvalue weighted by molar-refractivity contribution is -0.137. The number of benzene rings is 2. The molecule has 0 saturated carbocycles. The van der Waals surface area contributed by atoms with Crippen molar-refractivity contribution < 1.29 is 22.6 Å². The summed E-state index contributed by atoms with van der Waals surface area (Å²) in [7, 11) is 3.09. The first-order valence-electron chi connectivity index (χ1n) is 8.80. The lowest BCUT2D eigenvalue weighted by Gasteiger charge is -2.39. The van der Waals surface area contributed by atoms with E-state index in [2.05, 4.69) is 5.32 Å². The Bertz CT molecular complexity index is 891. The van der Waals surface area contributed by atoms with E-state index in [1.165, 1.54) is 6.07 Å². The summed E-state index contributed by atoms with van der Waals surface area (Å²) in [5.41, 5.74) is 1.03. The summed E-state index contributed by atoms with van der Waals surface area (Å²) in [5, 5.41) is 3.19. The van der Waals surface area contributed by atoms with E-state index in [1.807, 2.05) is 24.3 Å². The van der Waals surface area contributed by atoms with Gasteiger partial charge >= 0.3 is 6.18 Å². The van der Waals surface area contributed by atoms with Gasteiger partial charge in [0.25, 0.3) is 0 Å². The van der Waals surface area contributed by atoms with E-state index in [0.717, 1.165) is 18.1 Å². The zero-order chi connectivity index (χ0) is 19.2. The van der Waals surface area contributed by atoms with Crippen LogP contribution in [0.5, 0.6) is 11.5 Å². The topological polar surface area (TPSA) is 30.5 Å². The van der Waals surface area contributed by atoms with Gasteiger partial charge in [0.15, 0.2) is 11.5 Å². The average Bonchev–Trinajstić information content (AvgIpc) is 3.15. The number of alkyl halides is 3. The third-order valence-corrected chi connectivity index (χ3v) is 5.47. The van der Waals surface area contributed by atoms with Crippen molar-refractivity contribution >= 4 is 5.69 Å². The molecule has 0 aromatic heterocycles. The molecular weight excluding hydrogens is 355 g/mol. The van der Waals surface area contributed by atoms with E-state index in [4.69, 9.17) is 9.47 Å². The van der Waals surface area contributed by atoms with Crippen LogP contribution in [0.25, 0.3) is 0 Å². The molecule has 0 unspecified atom stereocenters. The van der Waals surface area contributed by atoms with Gasteiger partial charge in [0, 0.05) is 11.5 Å². The van der Waals surface area contributed by atoms with E-state index in [9.17, 15) is 13.2 Å². The van der Waals surface area contributed by atoms with Gasteiger partial charge in [0.2, 0.25) is 0 Å². The van der Waals surface area contributed by atoms with Crippen molar-refractivity contribution in [1.82, 2.24) is 0 Å². The minimum absolute atomic E-state index is 0.0653. The number of anilines is 1. The molecule has 1 N–H and O–H groups in total. The summed E-state index contributed by atoms with van der Waals surface area (Å²) in [6.45, 7) is 0. The first-order chi connectivity index (χ1) is 13.0. The van der Waals surface area contributed by atoms with Crippen molar-refractivity contribution in [1.29, 1.82) is 0 Å². The molecule has 3 atom stereocenters. The van der Waals surface area contributed by atoms with Gasteiger partial charge in [-0.2, -0.15) is 13.2 Å². The maximum atomic E-state index is 13.6. The Morgan fingerprint density at radius 3 is 2.44 bits per heavy atom. The van der Waals surface area contributed by atoms with E-state index >= 15 is 0 Å². The Hall–Kier alpha value is -2.63. The van der Waals surface area contributed by atoms with E-state index in [0.29, 0.717) is 17.1 Å². The van der Waals surface area contributed by atoms with Crippen LogP contribution in [0.3, 0.4) is 0 Å². The van der Waals surface area contributed by atoms with Crippen LogP contribution >= 0.6 is 0 Å². The first kappa shape index (κ1) is 17.8. The van der Waals surface area contributed by atoms with Crippen molar-refractivity contribution in [3.63, 3.8) is 0 Å². The molecule has 27 heavy (non-hydrogen) atoms. The maximum absolute atomic E-state index is 13.6. The molecule has 2 aromatic carbocycles. The van der Waals surface area contributed by atoms with Gasteiger partial charge in [-0.3, -0.25) is 0 Å². The van der Waals surface area contributed by atoms with Crippen molar-refractivity contribution in [3.05, 3.63) is 65.2 Å². The first-order valence-corrected chi connectivity index (χ1v) is 8.80. The largest absolute Gasteiger partial charge is 0.493 e. The van der Waals surface area contributed by atoms with Crippen LogP contribution in [0.4, 0.5) is 18.9 Å². The molecule has 6 heteroatoms. The number of para-hydroxylation sites is 2. The minimum atomic E-state index is -4.42. The van der Waals surface area contributed by atoms with Crippen LogP contribution in [0.2, 0.25) is 0 Å². The Morgan fingerprint density at radius 1 is 1.00 bits per heavy atom. The summed E-state index contributed by atoms with van der Waals surface area (Å²) < 4.78 is 51.8. The van der Waals surface area contributed by atoms with E-state index in [1.54, 1.807) is 26.4 Å². The van der Waals surface area contributed by atoms with Gasteiger partial charge in [0.1, 0.15) is 0 Å². The van der Waals surface area contributed by atoms with E-state index < -0.39 is 11.7 Å². The summed E-state index contributed by atoms with van der Waals surface area (Å²) >= 11 is 0. The van der Waals surface area contributed by atoms with Crippen LogP contribution < -0.4 is 14.8 Å². The lowest BCUT2D eigenvalue weighted by Crippen LogP contribution is -2.31. The average molecular weight is 375 g/mol. The van der Waals surface area contributed by atoms with Crippen molar-refractivity contribution in [2.45, 2.75) is 24.6 Å². The zero-order valence-electron chi connectivity index (χ0n) is 15.0. The molecule has 1 heterocycles. The molecular formula is C21H20F3NO2. The number of hydrogen-bond donors (Lipinski definition) is 1. The number of halogens is 3. The number of methoxy groups -OCH3 is 2. The third-order valence-electron chi connectivity index (χ3n) is 5.47. The minimum Gasteiger partial charge on any atom is -0.493 e. The molecule has 0 bridgehead atoms. The molecule has 2 aromatic rings. The Labute approximate surface area is 155 Å². The van der Waals surface area contributed by atoms with Crippen LogP contribution in [-0.2, 0) is 6.18 Å². The van der Waals surface area contributed by atoms with Crippen LogP contribution in [-0.4, -0.2) is 14.2 Å². The molecule has 2 aliphatic rings. The van der Waals surface area contributed by atoms with Gasteiger partial charge in [-0.1, -0.05) is 36.4 Å². The number of allylic oxidation sites excluding steroid dienone is 2. The van der Waals surface area contributed by atoms with Crippen LogP contribution in [0, 0.1) is 5.92 Å². The number of nitrogens with one attached hydrogen (secondary N) is 1. The SMILES string of the molecule is COc1cccc([C@@H]2Nc3c(cccc3C(F)(F)F)[C@H]3C=CC[C@H]32)c1OC. The fourth-order valence-corrected chi connectivity index (χ4v) is 4.32. The van der Waals surface area contributed by atoms with Crippen molar-refractivity contribution in [2.75, 3.05) is 19.5 Å². The smallest absolute Gasteiger partial charge is 0.418 e. The summed E-state index contributed by atoms with van der Waals surface area (Å²) in [6, 6.07) is 9.58. The van der Waals surface area contributed by atoms with Crippen LogP contribution in [0.15, 0.2) is 48.6 Å². The molecule has 0 spiro atoms. The molecule has 0 radical (unpaired) electrons. The third kappa shape index (κ3) is 2.83. The highest BCUT2D eigenvalue weighted by atomic mass is 19.4. The lowest BCUT2D eigenvalue weighted by atomic mass is 9.76. The van der Waals surface area contributed by atoms with Crippen molar-refractivity contribution in [3.8, 4) is 11.5 Å². The van der Waals surface area contributed by atoms with Gasteiger partial charge in [0.05, 0.1) is 31.5 Å². The standard InChI is InChI=1S/C21H20F3NO2/c1-26-17-11-5-9-15(20(17)27-2)18-13-7-3-6-12(13)14-8-4-10-16(19(14)25-18)21(22,23)24/h3-6,8-13,18,25H,7H2,1-2H3/t12-,13+,18+/m0/s1. The molecule has 1 aliphatic heterocycles. The predicted molar refractivity (Wildman–Crippen MR) is 97.3 cm³/mol. The fourth-order valence-electron chi connectivity index (χ4n) is 4.32. The molecule has 1 aliphatic carbocycles. The molecule has 0 fully saturated rings. The molecule has 4 rings (SSSR count). The second-order valence-electron chi connectivity index (χ2n) is 6.83. The summed E-state index contributed by atoms with van der Waals surface area (Å²) in [4.78, 5) is 0. The number of rotatable bonds is 3. The number of fused-ring (bicyclic) bond motifs is 3. The van der Waals surface area contributed by atoms with E-state index in [-0.39, 0.29) is 23.6 Å². The normalized spacial score (nSPS) is 23.4. The fraction of sp³-hybridized carbons (Fsp3) is 0.333. The van der Waals surface area contributed by atoms with Crippen LogP contribution in [0.1, 0.15) is 35.1 Å². The highest BCUT2D eigenvalue weighted by Gasteiger charge is 2.43. The van der Waals surface area contributed by atoms with Gasteiger partial charge in [-0.05, 0) is 30.0 Å². The molecule has 0 amide bonds. The highest BCUT2D eigenvalue weighted by Crippen LogP contribution is 2.54. The highest BCUT2D eigenvalue weighted by molar-refractivity contribution is 5.66.